The van der Waals surface area contributed by atoms with Crippen LogP contribution < -0.4 is 19.5 Å². The number of nitriles is 1. The number of halogens is 2. The van der Waals surface area contributed by atoms with Gasteiger partial charge in [-0.1, -0.05) is 72.4 Å². The highest BCUT2D eigenvalue weighted by Gasteiger charge is 2.29. The Kier molecular flexibility index (Phi) is 10.9. The maximum atomic E-state index is 16.4. The number of carboxylic acid groups (broad SMARTS) is 1. The number of nitrogens with one attached hydrogen (secondary N) is 1. The minimum absolute atomic E-state index is 0.000136. The molecule has 2 N–H and O–H groups in total. The summed E-state index contributed by atoms with van der Waals surface area (Å²) in [4.78, 5) is 17.3. The second-order valence-electron chi connectivity index (χ2n) is 11.4. The van der Waals surface area contributed by atoms with Gasteiger partial charge in [0.25, 0.3) is 11.8 Å². The highest BCUT2D eigenvalue weighted by atomic mass is 32.2. The molecular weight excluding hydrogens is 663 g/mol. The van der Waals surface area contributed by atoms with Crippen molar-refractivity contribution in [3.63, 3.8) is 0 Å². The topological polar surface area (TPSA) is 117 Å². The number of hydrogen-bond donors (Lipinski definition) is 2. The molecule has 0 radical (unpaired) electrons. The molecule has 12 heteroatoms. The smallest absolute Gasteiger partial charge is 0.303 e. The molecule has 1 unspecified atom stereocenters. The molecule has 9 nitrogen and oxygen atoms in total. The Labute approximate surface area is 292 Å². The third-order valence-electron chi connectivity index (χ3n) is 7.93. The maximum Gasteiger partial charge on any atom is 0.303 e. The van der Waals surface area contributed by atoms with Gasteiger partial charge in [0, 0.05) is 36.0 Å². The van der Waals surface area contributed by atoms with E-state index in [4.69, 9.17) is 19.3 Å². The van der Waals surface area contributed by atoms with Crippen molar-refractivity contribution in [2.45, 2.75) is 35.4 Å². The summed E-state index contributed by atoms with van der Waals surface area (Å²) < 4.78 is 50.8. The molecule has 0 bridgehead atoms. The minimum atomic E-state index is -1.09. The fourth-order valence-corrected chi connectivity index (χ4v) is 6.19. The van der Waals surface area contributed by atoms with Gasteiger partial charge >= 0.3 is 5.97 Å². The summed E-state index contributed by atoms with van der Waals surface area (Å²) in [6, 6.07) is 29.8. The number of likely N-dealkylation sites (N-methyl/N-ethyl adjacent to an activating group) is 1. The van der Waals surface area contributed by atoms with Crippen LogP contribution in [0.15, 0.2) is 107 Å². The van der Waals surface area contributed by atoms with Gasteiger partial charge < -0.3 is 19.3 Å². The zero-order valence-corrected chi connectivity index (χ0v) is 27.8. The number of nitrogens with zero attached hydrogens (tertiary/aromatic N) is 3. The lowest BCUT2D eigenvalue weighted by Gasteiger charge is -2.22. The Morgan fingerprint density at radius 3 is 2.32 bits per heavy atom. The largest absolute Gasteiger partial charge is 0.485 e. The molecule has 1 aliphatic heterocycles. The summed E-state index contributed by atoms with van der Waals surface area (Å²) in [5.74, 6) is -3.61. The Morgan fingerprint density at radius 2 is 1.64 bits per heavy atom. The molecule has 1 atom stereocenters. The molecule has 0 spiro atoms. The van der Waals surface area contributed by atoms with Crippen molar-refractivity contribution in [2.75, 3.05) is 20.1 Å². The van der Waals surface area contributed by atoms with Gasteiger partial charge in [-0.3, -0.25) is 15.0 Å². The first-order chi connectivity index (χ1) is 24.3. The van der Waals surface area contributed by atoms with E-state index in [9.17, 15) is 10.1 Å². The summed E-state index contributed by atoms with van der Waals surface area (Å²) in [6.07, 6.45) is 0.0749. The lowest BCUT2D eigenvalue weighted by Crippen LogP contribution is -2.24. The van der Waals surface area contributed by atoms with E-state index in [1.165, 1.54) is 6.07 Å². The van der Waals surface area contributed by atoms with Gasteiger partial charge in [-0.15, -0.1) is 0 Å². The molecular formula is C38H32F2N4O5S. The number of para-hydroxylation sites is 1. The van der Waals surface area contributed by atoms with Crippen molar-refractivity contribution in [3.05, 3.63) is 131 Å². The van der Waals surface area contributed by atoms with Crippen LogP contribution >= 0.6 is 11.8 Å². The normalized spacial score (nSPS) is 14.2. The van der Waals surface area contributed by atoms with Crippen LogP contribution in [0.4, 0.5) is 8.78 Å². The van der Waals surface area contributed by atoms with Gasteiger partial charge in [-0.05, 0) is 54.9 Å². The number of ether oxygens (including phenoxy) is 3. The highest BCUT2D eigenvalue weighted by Crippen LogP contribution is 2.43. The molecule has 254 valence electrons. The average molecular weight is 695 g/mol. The number of hydrogen-bond acceptors (Lipinski definition) is 9. The van der Waals surface area contributed by atoms with E-state index in [0.29, 0.717) is 17.1 Å². The summed E-state index contributed by atoms with van der Waals surface area (Å²) in [5, 5.41) is 22.0. The monoisotopic (exact) mass is 694 g/mol. The second-order valence-corrected chi connectivity index (χ2v) is 12.5. The van der Waals surface area contributed by atoms with Gasteiger partial charge in [0.1, 0.15) is 12.4 Å². The van der Waals surface area contributed by atoms with Crippen molar-refractivity contribution in [3.8, 4) is 35.1 Å². The number of pyridine rings is 1. The Bertz CT molecular complexity index is 2030. The zero-order chi connectivity index (χ0) is 35.0. The van der Waals surface area contributed by atoms with E-state index < -0.39 is 34.3 Å². The van der Waals surface area contributed by atoms with Crippen LogP contribution in [-0.4, -0.2) is 41.1 Å². The van der Waals surface area contributed by atoms with Gasteiger partial charge in [-0.2, -0.15) is 19.0 Å². The number of aliphatic carboxylic acids is 1. The number of rotatable bonds is 13. The summed E-state index contributed by atoms with van der Waals surface area (Å²) >= 11 is 0.802. The molecule has 0 aliphatic carbocycles. The summed E-state index contributed by atoms with van der Waals surface area (Å²) in [5.41, 5.74) is 2.61. The van der Waals surface area contributed by atoms with Crippen LogP contribution in [0.2, 0.25) is 0 Å². The Morgan fingerprint density at radius 1 is 0.940 bits per heavy atom. The lowest BCUT2D eigenvalue weighted by molar-refractivity contribution is -0.136. The number of carbonyl (C=O) groups is 1. The van der Waals surface area contributed by atoms with Crippen LogP contribution in [0.1, 0.15) is 34.8 Å². The third kappa shape index (κ3) is 8.20. The van der Waals surface area contributed by atoms with Crippen molar-refractivity contribution in [2.24, 2.45) is 0 Å². The van der Waals surface area contributed by atoms with E-state index in [0.717, 1.165) is 41.5 Å². The second kappa shape index (κ2) is 15.8. The maximum absolute atomic E-state index is 16.4. The van der Waals surface area contributed by atoms with Crippen LogP contribution in [-0.2, 0) is 17.8 Å². The molecule has 2 heterocycles. The highest BCUT2D eigenvalue weighted by molar-refractivity contribution is 7.99. The van der Waals surface area contributed by atoms with E-state index in [2.05, 4.69) is 15.2 Å². The Balaban J connectivity index is 1.38. The molecule has 4 aromatic carbocycles. The van der Waals surface area contributed by atoms with Crippen molar-refractivity contribution < 1.29 is 32.9 Å². The predicted octanol–water partition coefficient (Wildman–Crippen LogP) is 8.10. The number of aryl methyl sites for hydroxylation is 1. The molecule has 0 saturated carbocycles. The number of benzene rings is 4. The van der Waals surface area contributed by atoms with E-state index in [1.54, 1.807) is 48.5 Å². The first kappa shape index (κ1) is 34.4. The van der Waals surface area contributed by atoms with Crippen LogP contribution in [0, 0.1) is 23.0 Å². The number of carboxylic acids is 1. The van der Waals surface area contributed by atoms with Gasteiger partial charge in [0.2, 0.25) is 11.6 Å². The summed E-state index contributed by atoms with van der Waals surface area (Å²) in [6.45, 7) is 1.72. The first-order valence-electron chi connectivity index (χ1n) is 15.8. The van der Waals surface area contributed by atoms with Gasteiger partial charge in [0.05, 0.1) is 22.7 Å². The molecule has 1 aromatic heterocycles. The van der Waals surface area contributed by atoms with Crippen molar-refractivity contribution in [1.29, 1.82) is 5.26 Å². The number of aromatic nitrogens is 1. The van der Waals surface area contributed by atoms with E-state index in [-0.39, 0.29) is 36.3 Å². The average Bonchev–Trinajstić information content (AvgIpc) is 3.57. The Hall–Kier alpha value is -5.48. The van der Waals surface area contributed by atoms with Crippen LogP contribution in [0.25, 0.3) is 0 Å². The van der Waals surface area contributed by atoms with E-state index >= 15 is 8.78 Å². The standard InChI is InChI=1S/C38H32F2N4O5S/c1-44-20-19-42-36(44)28-9-5-6-10-29(28)48-37-33(39)35(50-27-15-11-24(12-16-27)14-18-32(45)46)34(40)38(43-37)49-31-21-26(22-41)13-17-30(31)47-23-25-7-3-2-4-8-25/h2-13,15-17,21,36,42H,14,18-20,23H2,1H3,(H,45,46). The molecule has 1 saturated heterocycles. The quantitative estimate of drug-likeness (QED) is 0.125. The van der Waals surface area contributed by atoms with Crippen molar-refractivity contribution >= 4 is 17.7 Å². The first-order valence-corrected chi connectivity index (χ1v) is 16.6. The fourth-order valence-electron chi connectivity index (χ4n) is 5.33. The van der Waals surface area contributed by atoms with E-state index in [1.807, 2.05) is 55.6 Å². The molecule has 0 amide bonds. The lowest BCUT2D eigenvalue weighted by atomic mass is 10.1. The fraction of sp³-hybridized carbons (Fsp3) is 0.184. The minimum Gasteiger partial charge on any atom is -0.485 e. The molecule has 5 aromatic rings. The molecule has 1 fully saturated rings. The zero-order valence-electron chi connectivity index (χ0n) is 26.9. The SMILES string of the molecule is CN1CCNC1c1ccccc1Oc1nc(Oc2cc(C#N)ccc2OCc2ccccc2)c(F)c(Sc2ccc(CCC(=O)O)cc2)c1F. The van der Waals surface area contributed by atoms with Gasteiger partial charge in [-0.25, -0.2) is 0 Å². The summed E-state index contributed by atoms with van der Waals surface area (Å²) in [7, 11) is 1.96. The predicted molar refractivity (Wildman–Crippen MR) is 183 cm³/mol. The van der Waals surface area contributed by atoms with Crippen molar-refractivity contribution in [1.82, 2.24) is 15.2 Å². The molecule has 6 rings (SSSR count). The van der Waals surface area contributed by atoms with Crippen LogP contribution in [0.5, 0.6) is 29.0 Å². The third-order valence-corrected chi connectivity index (χ3v) is 9.00. The molecule has 50 heavy (non-hydrogen) atoms. The van der Waals surface area contributed by atoms with Gasteiger partial charge in [0.15, 0.2) is 11.5 Å². The van der Waals surface area contributed by atoms with Crippen LogP contribution in [0.3, 0.4) is 0 Å². The molecule has 1 aliphatic rings.